The van der Waals surface area contributed by atoms with Crippen molar-refractivity contribution in [1.29, 1.82) is 0 Å². The summed E-state index contributed by atoms with van der Waals surface area (Å²) in [5, 5.41) is 2.68. The predicted molar refractivity (Wildman–Crippen MR) is 95.9 cm³/mol. The zero-order valence-electron chi connectivity index (χ0n) is 12.0. The third-order valence-corrected chi connectivity index (χ3v) is 5.22. The molecule has 3 aromatic carbocycles. The first kappa shape index (κ1) is 12.5. The molecule has 1 nitrogen and oxygen atoms in total. The van der Waals surface area contributed by atoms with Gasteiger partial charge in [-0.2, -0.15) is 0 Å². The van der Waals surface area contributed by atoms with E-state index in [0.717, 1.165) is 4.47 Å². The van der Waals surface area contributed by atoms with Crippen LogP contribution in [-0.4, -0.2) is 4.57 Å². The molecule has 0 aliphatic heterocycles. The van der Waals surface area contributed by atoms with Crippen LogP contribution >= 0.6 is 15.9 Å². The second kappa shape index (κ2) is 4.47. The normalized spacial score (nSPS) is 13.3. The number of benzene rings is 3. The van der Waals surface area contributed by atoms with E-state index in [1.165, 1.54) is 51.5 Å². The second-order valence-electron chi connectivity index (χ2n) is 5.97. The summed E-state index contributed by atoms with van der Waals surface area (Å²) in [6, 6.07) is 22.0. The molecule has 1 aliphatic carbocycles. The van der Waals surface area contributed by atoms with E-state index in [1.54, 1.807) is 0 Å². The Morgan fingerprint density at radius 3 is 2.23 bits per heavy atom. The van der Waals surface area contributed by atoms with Gasteiger partial charge in [0.05, 0.1) is 11.0 Å². The van der Waals surface area contributed by atoms with E-state index in [1.807, 2.05) is 0 Å². The molecule has 4 aromatic rings. The van der Waals surface area contributed by atoms with Crippen molar-refractivity contribution < 1.29 is 0 Å². The largest absolute Gasteiger partial charge is 0.309 e. The molecule has 0 fully saturated rings. The lowest BCUT2D eigenvalue weighted by molar-refractivity contribution is 0.843. The highest BCUT2D eigenvalue weighted by atomic mass is 79.9. The fourth-order valence-electron chi connectivity index (χ4n) is 3.54. The van der Waals surface area contributed by atoms with Crippen LogP contribution in [0, 0.1) is 0 Å². The summed E-state index contributed by atoms with van der Waals surface area (Å²) < 4.78 is 3.52. The standard InChI is InChI=1S/C20H14BrN/c21-15-8-9-19-18(12-15)17-10-13-6-7-14(13)11-20(17)22(19)16-4-2-1-3-5-16/h1-5,8-12H,6-7H2. The van der Waals surface area contributed by atoms with E-state index in [0.29, 0.717) is 0 Å². The summed E-state index contributed by atoms with van der Waals surface area (Å²) >= 11 is 3.62. The zero-order valence-corrected chi connectivity index (χ0v) is 13.6. The second-order valence-corrected chi connectivity index (χ2v) is 6.89. The number of hydrogen-bond donors (Lipinski definition) is 0. The molecule has 2 heteroatoms. The van der Waals surface area contributed by atoms with E-state index in [-0.39, 0.29) is 0 Å². The first-order valence-corrected chi connectivity index (χ1v) is 8.41. The van der Waals surface area contributed by atoms with Gasteiger partial charge in [0.25, 0.3) is 0 Å². The minimum atomic E-state index is 1.13. The van der Waals surface area contributed by atoms with Crippen LogP contribution in [-0.2, 0) is 12.8 Å². The van der Waals surface area contributed by atoms with Crippen molar-refractivity contribution in [2.45, 2.75) is 12.8 Å². The molecule has 1 aliphatic rings. The Bertz CT molecular complexity index is 1030. The fraction of sp³-hybridized carbons (Fsp3) is 0.100. The number of aromatic nitrogens is 1. The Morgan fingerprint density at radius 1 is 0.727 bits per heavy atom. The fourth-order valence-corrected chi connectivity index (χ4v) is 3.90. The van der Waals surface area contributed by atoms with Crippen molar-refractivity contribution in [2.24, 2.45) is 0 Å². The smallest absolute Gasteiger partial charge is 0.0544 e. The van der Waals surface area contributed by atoms with Crippen LogP contribution in [0.4, 0.5) is 0 Å². The van der Waals surface area contributed by atoms with Crippen molar-refractivity contribution in [3.05, 3.63) is 76.3 Å². The quantitative estimate of drug-likeness (QED) is 0.419. The zero-order chi connectivity index (χ0) is 14.7. The Balaban J connectivity index is 1.99. The molecule has 0 unspecified atom stereocenters. The van der Waals surface area contributed by atoms with Gasteiger partial charge in [-0.1, -0.05) is 34.1 Å². The lowest BCUT2D eigenvalue weighted by Crippen LogP contribution is -2.07. The third kappa shape index (κ3) is 1.65. The molecule has 0 N–H and O–H groups in total. The van der Waals surface area contributed by atoms with Gasteiger partial charge in [0.1, 0.15) is 0 Å². The van der Waals surface area contributed by atoms with E-state index in [9.17, 15) is 0 Å². The molecule has 1 aromatic heterocycles. The van der Waals surface area contributed by atoms with Crippen molar-refractivity contribution in [1.82, 2.24) is 4.57 Å². The van der Waals surface area contributed by atoms with Crippen LogP contribution in [0.5, 0.6) is 0 Å². The highest BCUT2D eigenvalue weighted by Crippen LogP contribution is 2.37. The van der Waals surface area contributed by atoms with E-state index >= 15 is 0 Å². The summed E-state index contributed by atoms with van der Waals surface area (Å²) in [6.07, 6.45) is 2.43. The number of rotatable bonds is 1. The van der Waals surface area contributed by atoms with E-state index < -0.39 is 0 Å². The molecule has 0 saturated heterocycles. The molecular formula is C20H14BrN. The van der Waals surface area contributed by atoms with Gasteiger partial charge in [-0.05, 0) is 66.4 Å². The first-order chi connectivity index (χ1) is 10.8. The highest BCUT2D eigenvalue weighted by molar-refractivity contribution is 9.10. The van der Waals surface area contributed by atoms with Crippen molar-refractivity contribution in [2.75, 3.05) is 0 Å². The number of para-hydroxylation sites is 1. The van der Waals surface area contributed by atoms with Crippen LogP contribution in [0.3, 0.4) is 0 Å². The lowest BCUT2D eigenvalue weighted by Gasteiger charge is -2.19. The van der Waals surface area contributed by atoms with Gasteiger partial charge in [-0.15, -0.1) is 0 Å². The molecule has 22 heavy (non-hydrogen) atoms. The van der Waals surface area contributed by atoms with Crippen molar-refractivity contribution in [3.63, 3.8) is 0 Å². The number of aryl methyl sites for hydroxylation is 2. The van der Waals surface area contributed by atoms with E-state index in [2.05, 4.69) is 81.2 Å². The molecule has 0 atom stereocenters. The summed E-state index contributed by atoms with van der Waals surface area (Å²) in [4.78, 5) is 0. The van der Waals surface area contributed by atoms with Crippen LogP contribution < -0.4 is 0 Å². The SMILES string of the molecule is Brc1ccc2c(c1)c1cc3c(cc1n2-c1ccccc1)CC3. The number of nitrogens with zero attached hydrogens (tertiary/aromatic N) is 1. The topological polar surface area (TPSA) is 4.93 Å². The van der Waals surface area contributed by atoms with Crippen molar-refractivity contribution >= 4 is 37.7 Å². The molecular weight excluding hydrogens is 334 g/mol. The summed E-state index contributed by atoms with van der Waals surface area (Å²) in [7, 11) is 0. The molecule has 0 bridgehead atoms. The van der Waals surface area contributed by atoms with Crippen molar-refractivity contribution in [3.8, 4) is 5.69 Å². The molecule has 0 radical (unpaired) electrons. The molecule has 0 spiro atoms. The predicted octanol–water partition coefficient (Wildman–Crippen LogP) is 5.64. The average molecular weight is 348 g/mol. The van der Waals surface area contributed by atoms with Gasteiger partial charge in [-0.3, -0.25) is 0 Å². The van der Waals surface area contributed by atoms with Gasteiger partial charge in [0, 0.05) is 20.9 Å². The summed E-state index contributed by atoms with van der Waals surface area (Å²) in [5.74, 6) is 0. The summed E-state index contributed by atoms with van der Waals surface area (Å²) in [5.41, 5.74) is 6.84. The number of halogens is 1. The number of fused-ring (bicyclic) bond motifs is 4. The van der Waals surface area contributed by atoms with Gasteiger partial charge < -0.3 is 4.57 Å². The minimum absolute atomic E-state index is 1.13. The van der Waals surface area contributed by atoms with Gasteiger partial charge in [-0.25, -0.2) is 0 Å². The van der Waals surface area contributed by atoms with Crippen LogP contribution in [0.1, 0.15) is 11.1 Å². The Hall–Kier alpha value is -2.06. The van der Waals surface area contributed by atoms with Gasteiger partial charge in [0.2, 0.25) is 0 Å². The highest BCUT2D eigenvalue weighted by Gasteiger charge is 2.19. The molecule has 0 saturated carbocycles. The Labute approximate surface area is 137 Å². The maximum absolute atomic E-state index is 3.62. The number of hydrogen-bond acceptors (Lipinski definition) is 0. The average Bonchev–Trinajstić information content (AvgIpc) is 2.82. The summed E-state index contributed by atoms with van der Waals surface area (Å²) in [6.45, 7) is 0. The van der Waals surface area contributed by atoms with Crippen LogP contribution in [0.25, 0.3) is 27.5 Å². The van der Waals surface area contributed by atoms with Crippen LogP contribution in [0.2, 0.25) is 0 Å². The first-order valence-electron chi connectivity index (χ1n) is 7.62. The van der Waals surface area contributed by atoms with Gasteiger partial charge >= 0.3 is 0 Å². The monoisotopic (exact) mass is 347 g/mol. The lowest BCUT2D eigenvalue weighted by atomic mass is 9.87. The van der Waals surface area contributed by atoms with Crippen LogP contribution in [0.15, 0.2) is 65.1 Å². The maximum atomic E-state index is 3.62. The molecule has 106 valence electrons. The Morgan fingerprint density at radius 2 is 1.45 bits per heavy atom. The van der Waals surface area contributed by atoms with Gasteiger partial charge in [0.15, 0.2) is 0 Å². The third-order valence-electron chi connectivity index (χ3n) is 4.73. The minimum Gasteiger partial charge on any atom is -0.309 e. The Kier molecular flexibility index (Phi) is 2.53. The molecule has 0 amide bonds. The molecule has 5 rings (SSSR count). The maximum Gasteiger partial charge on any atom is 0.0544 e. The van der Waals surface area contributed by atoms with E-state index in [4.69, 9.17) is 0 Å². The molecule has 1 heterocycles.